The molecule has 0 bridgehead atoms. The Morgan fingerprint density at radius 2 is 0.581 bits per heavy atom. The van der Waals surface area contributed by atoms with E-state index in [1.165, 1.54) is 353 Å². The van der Waals surface area contributed by atoms with Gasteiger partial charge in [0.1, 0.15) is 0 Å². The van der Waals surface area contributed by atoms with Crippen molar-refractivity contribution in [3.8, 4) is 0 Å². The number of allylic oxidation sites excluding steroid dienone is 6. The molecule has 0 rings (SSSR count). The van der Waals surface area contributed by atoms with Gasteiger partial charge in [0.15, 0.2) is 0 Å². The SMILES string of the molecule is CCCCC/C=C\C/C=C\CCCCCCCCCC(=O)OCCCCCCCCCCCCCCCCCC/C=C\CCCCCCCCCCCCCCCCCCCC(=O)NC(CO)C(O)CCCCCCCCCCCCCCCCC. The number of nitrogens with one attached hydrogen (secondary N) is 1. The number of amides is 1. The van der Waals surface area contributed by atoms with Crippen LogP contribution in [0, 0.1) is 0 Å². The third-order valence-electron chi connectivity index (χ3n) is 18.4. The Morgan fingerprint density at radius 3 is 0.919 bits per heavy atom. The van der Waals surface area contributed by atoms with Gasteiger partial charge in [-0.2, -0.15) is 0 Å². The second-order valence-electron chi connectivity index (χ2n) is 27.0. The average Bonchev–Trinajstić information content (AvgIpc) is 3.55. The smallest absolute Gasteiger partial charge is 0.305 e. The van der Waals surface area contributed by atoms with Crippen LogP contribution in [0.2, 0.25) is 0 Å². The molecule has 0 aliphatic heterocycles. The van der Waals surface area contributed by atoms with Crippen molar-refractivity contribution in [2.75, 3.05) is 13.2 Å². The van der Waals surface area contributed by atoms with Crippen molar-refractivity contribution in [2.45, 2.75) is 450 Å². The van der Waals surface area contributed by atoms with Gasteiger partial charge in [0, 0.05) is 12.8 Å². The summed E-state index contributed by atoms with van der Waals surface area (Å²) in [6, 6.07) is -0.538. The van der Waals surface area contributed by atoms with Crippen LogP contribution in [-0.2, 0) is 14.3 Å². The Morgan fingerprint density at radius 1 is 0.326 bits per heavy atom. The first-order chi connectivity index (χ1) is 42.5. The first-order valence-electron chi connectivity index (χ1n) is 39.2. The molecule has 0 aromatic carbocycles. The molecule has 3 N–H and O–H groups in total. The van der Waals surface area contributed by atoms with Gasteiger partial charge in [0.05, 0.1) is 25.4 Å². The molecule has 1 amide bonds. The molecule has 0 fully saturated rings. The Hall–Kier alpha value is -1.92. The standard InChI is InChI=1S/C80H153NO5/c1-3-5-7-9-11-13-15-17-19-41-46-50-54-58-62-66-70-74-80(85)86-75-71-67-63-59-55-51-47-43-40-38-36-34-32-30-28-26-24-22-20-21-23-25-27-29-31-33-35-37-39-42-45-49-53-57-61-65-69-73-79(84)81-77(76-82)78(83)72-68-64-60-56-52-48-44-18-16-14-12-10-8-6-4-2/h11,13,17,19-20,22,77-78,82-83H,3-10,12,14-16,18,21,23-76H2,1-2H3,(H,81,84)/b13-11-,19-17-,22-20-. The second kappa shape index (κ2) is 75.5. The van der Waals surface area contributed by atoms with E-state index < -0.39 is 12.1 Å². The highest BCUT2D eigenvalue weighted by atomic mass is 16.5. The second-order valence-corrected chi connectivity index (χ2v) is 27.0. The quantitative estimate of drug-likeness (QED) is 0.0320. The molecule has 0 aromatic heterocycles. The maximum Gasteiger partial charge on any atom is 0.305 e. The summed E-state index contributed by atoms with van der Waals surface area (Å²) in [6.07, 6.45) is 98.1. The first kappa shape index (κ1) is 84.1. The molecular weight excluding hydrogens is 1050 g/mol. The fourth-order valence-electron chi connectivity index (χ4n) is 12.4. The van der Waals surface area contributed by atoms with Gasteiger partial charge in [0.25, 0.3) is 0 Å². The highest BCUT2D eigenvalue weighted by Gasteiger charge is 2.20. The van der Waals surface area contributed by atoms with Crippen molar-refractivity contribution in [1.29, 1.82) is 0 Å². The van der Waals surface area contributed by atoms with E-state index in [1.54, 1.807) is 0 Å². The minimum atomic E-state index is -0.661. The molecule has 0 radical (unpaired) electrons. The summed E-state index contributed by atoms with van der Waals surface area (Å²) in [7, 11) is 0. The van der Waals surface area contributed by atoms with E-state index in [0.29, 0.717) is 25.9 Å². The van der Waals surface area contributed by atoms with Crippen molar-refractivity contribution >= 4 is 11.9 Å². The minimum Gasteiger partial charge on any atom is -0.466 e. The lowest BCUT2D eigenvalue weighted by Gasteiger charge is -2.22. The third-order valence-corrected chi connectivity index (χ3v) is 18.4. The van der Waals surface area contributed by atoms with E-state index in [0.717, 1.165) is 51.4 Å². The number of carbonyl (C=O) groups is 2. The number of rotatable bonds is 74. The molecule has 0 aliphatic carbocycles. The van der Waals surface area contributed by atoms with Crippen LogP contribution >= 0.6 is 0 Å². The number of aliphatic hydroxyl groups is 2. The largest absolute Gasteiger partial charge is 0.466 e. The normalized spacial score (nSPS) is 12.7. The van der Waals surface area contributed by atoms with E-state index >= 15 is 0 Å². The Kier molecular flexibility index (Phi) is 73.9. The summed E-state index contributed by atoms with van der Waals surface area (Å²) in [6.45, 7) is 4.96. The van der Waals surface area contributed by atoms with Crippen molar-refractivity contribution in [2.24, 2.45) is 0 Å². The van der Waals surface area contributed by atoms with Crippen LogP contribution in [0.25, 0.3) is 0 Å². The lowest BCUT2D eigenvalue weighted by atomic mass is 10.0. The molecule has 0 aromatic rings. The number of ether oxygens (including phenoxy) is 1. The van der Waals surface area contributed by atoms with Crippen LogP contribution in [0.5, 0.6) is 0 Å². The third kappa shape index (κ3) is 71.2. The van der Waals surface area contributed by atoms with Crippen LogP contribution in [0.4, 0.5) is 0 Å². The molecule has 2 unspecified atom stereocenters. The maximum atomic E-state index is 12.5. The summed E-state index contributed by atoms with van der Waals surface area (Å²) in [5.74, 6) is -0.0135. The van der Waals surface area contributed by atoms with Gasteiger partial charge in [-0.15, -0.1) is 0 Å². The van der Waals surface area contributed by atoms with Gasteiger partial charge in [0.2, 0.25) is 5.91 Å². The highest BCUT2D eigenvalue weighted by molar-refractivity contribution is 5.76. The minimum absolute atomic E-state index is 0.0142. The van der Waals surface area contributed by atoms with Gasteiger partial charge < -0.3 is 20.3 Å². The number of esters is 1. The lowest BCUT2D eigenvalue weighted by Crippen LogP contribution is -2.45. The van der Waals surface area contributed by atoms with Crippen molar-refractivity contribution in [3.63, 3.8) is 0 Å². The molecule has 0 saturated heterocycles. The van der Waals surface area contributed by atoms with Crippen LogP contribution in [0.1, 0.15) is 438 Å². The monoisotopic (exact) mass is 1210 g/mol. The molecule has 6 heteroatoms. The van der Waals surface area contributed by atoms with E-state index in [-0.39, 0.29) is 18.5 Å². The molecule has 86 heavy (non-hydrogen) atoms. The van der Waals surface area contributed by atoms with E-state index in [1.807, 2.05) is 0 Å². The molecule has 6 nitrogen and oxygen atoms in total. The van der Waals surface area contributed by atoms with Crippen LogP contribution in [0.3, 0.4) is 0 Å². The molecule has 2 atom stereocenters. The summed E-state index contributed by atoms with van der Waals surface area (Å²) < 4.78 is 5.51. The van der Waals surface area contributed by atoms with Gasteiger partial charge in [-0.1, -0.05) is 378 Å². The van der Waals surface area contributed by atoms with Crippen molar-refractivity contribution in [3.05, 3.63) is 36.5 Å². The molecule has 0 heterocycles. The fourth-order valence-corrected chi connectivity index (χ4v) is 12.4. The van der Waals surface area contributed by atoms with Crippen molar-refractivity contribution < 1.29 is 24.5 Å². The number of aliphatic hydroxyl groups excluding tert-OH is 2. The van der Waals surface area contributed by atoms with Gasteiger partial charge >= 0.3 is 5.97 Å². The van der Waals surface area contributed by atoms with E-state index in [9.17, 15) is 19.8 Å². The summed E-state index contributed by atoms with van der Waals surface area (Å²) >= 11 is 0. The number of hydrogen-bond acceptors (Lipinski definition) is 5. The summed E-state index contributed by atoms with van der Waals surface area (Å²) in [5.41, 5.74) is 0. The molecule has 0 spiro atoms. The van der Waals surface area contributed by atoms with Crippen LogP contribution in [-0.4, -0.2) is 47.4 Å². The van der Waals surface area contributed by atoms with Crippen molar-refractivity contribution in [1.82, 2.24) is 5.32 Å². The Labute approximate surface area is 538 Å². The lowest BCUT2D eigenvalue weighted by molar-refractivity contribution is -0.143. The van der Waals surface area contributed by atoms with E-state index in [2.05, 4.69) is 55.6 Å². The van der Waals surface area contributed by atoms with Gasteiger partial charge in [-0.05, 0) is 83.5 Å². The highest BCUT2D eigenvalue weighted by Crippen LogP contribution is 2.20. The van der Waals surface area contributed by atoms with Crippen LogP contribution in [0.15, 0.2) is 36.5 Å². The average molecular weight is 1210 g/mol. The number of hydrogen-bond donors (Lipinski definition) is 3. The molecule has 0 aliphatic rings. The maximum absolute atomic E-state index is 12.5. The predicted molar refractivity (Wildman–Crippen MR) is 379 cm³/mol. The predicted octanol–water partition coefficient (Wildman–Crippen LogP) is 25.8. The number of carbonyl (C=O) groups excluding carboxylic acids is 2. The Balaban J connectivity index is 3.32. The van der Waals surface area contributed by atoms with Gasteiger partial charge in [-0.25, -0.2) is 0 Å². The molecule has 0 saturated carbocycles. The zero-order valence-electron chi connectivity index (χ0n) is 58.3. The molecular formula is C80H153NO5. The number of unbranched alkanes of at least 4 members (excludes halogenated alkanes) is 57. The zero-order chi connectivity index (χ0) is 62.0. The summed E-state index contributed by atoms with van der Waals surface area (Å²) in [5, 5.41) is 23.4. The first-order valence-corrected chi connectivity index (χ1v) is 39.2. The van der Waals surface area contributed by atoms with Crippen LogP contribution < -0.4 is 5.32 Å². The van der Waals surface area contributed by atoms with E-state index in [4.69, 9.17) is 4.74 Å². The topological polar surface area (TPSA) is 95.9 Å². The van der Waals surface area contributed by atoms with Gasteiger partial charge in [-0.3, -0.25) is 9.59 Å². The fraction of sp³-hybridized carbons (Fsp3) is 0.900. The summed E-state index contributed by atoms with van der Waals surface area (Å²) in [4.78, 5) is 24.6. The molecule has 508 valence electrons. The zero-order valence-corrected chi connectivity index (χ0v) is 58.3. The Bertz CT molecular complexity index is 1390.